The van der Waals surface area contributed by atoms with Crippen LogP contribution in [0.4, 0.5) is 4.79 Å². The van der Waals surface area contributed by atoms with Crippen LogP contribution in [0.25, 0.3) is 0 Å². The van der Waals surface area contributed by atoms with Crippen molar-refractivity contribution in [1.82, 2.24) is 15.1 Å². The fourth-order valence-corrected chi connectivity index (χ4v) is 3.04. The molecule has 0 aromatic heterocycles. The number of ether oxygens (including phenoxy) is 1. The molecule has 3 atom stereocenters. The van der Waals surface area contributed by atoms with Gasteiger partial charge in [0, 0.05) is 25.2 Å². The third-order valence-corrected chi connectivity index (χ3v) is 4.20. The molecular weight excluding hydrogens is 294 g/mol. The minimum absolute atomic E-state index is 0.0235. The topological polar surface area (TPSA) is 65.0 Å². The molecule has 2 N–H and O–H groups in total. The molecule has 0 aromatic rings. The molecule has 1 aliphatic carbocycles. The zero-order valence-corrected chi connectivity index (χ0v) is 15.6. The van der Waals surface area contributed by atoms with Crippen molar-refractivity contribution in [2.24, 2.45) is 0 Å². The van der Waals surface area contributed by atoms with Crippen LogP contribution >= 0.6 is 0 Å². The van der Waals surface area contributed by atoms with E-state index in [-0.39, 0.29) is 24.3 Å². The van der Waals surface area contributed by atoms with Crippen LogP contribution in [0.3, 0.4) is 0 Å². The van der Waals surface area contributed by atoms with E-state index in [9.17, 15) is 9.90 Å². The zero-order valence-electron chi connectivity index (χ0n) is 15.6. The Morgan fingerprint density at radius 2 is 1.91 bits per heavy atom. The highest BCUT2D eigenvalue weighted by Crippen LogP contribution is 2.24. The number of hydrogen-bond acceptors (Lipinski definition) is 5. The first-order valence-corrected chi connectivity index (χ1v) is 8.68. The molecule has 1 amide bonds. The number of amides is 1. The summed E-state index contributed by atoms with van der Waals surface area (Å²) in [6.45, 7) is 10.5. The van der Waals surface area contributed by atoms with E-state index in [4.69, 9.17) is 4.74 Å². The molecule has 136 valence electrons. The summed E-state index contributed by atoms with van der Waals surface area (Å²) in [5.41, 5.74) is -0.497. The van der Waals surface area contributed by atoms with Crippen LogP contribution in [0.5, 0.6) is 0 Å². The van der Waals surface area contributed by atoms with Crippen molar-refractivity contribution in [3.05, 3.63) is 0 Å². The van der Waals surface area contributed by atoms with Gasteiger partial charge in [-0.1, -0.05) is 6.92 Å². The quantitative estimate of drug-likeness (QED) is 0.776. The predicted molar refractivity (Wildman–Crippen MR) is 92.6 cm³/mol. The average molecular weight is 329 g/mol. The summed E-state index contributed by atoms with van der Waals surface area (Å²) >= 11 is 0. The van der Waals surface area contributed by atoms with Crippen molar-refractivity contribution in [2.45, 2.75) is 70.7 Å². The first-order chi connectivity index (χ1) is 10.6. The normalized spacial score (nSPS) is 25.7. The van der Waals surface area contributed by atoms with Crippen LogP contribution in [-0.4, -0.2) is 78.5 Å². The van der Waals surface area contributed by atoms with E-state index in [2.05, 4.69) is 36.1 Å². The fourth-order valence-electron chi connectivity index (χ4n) is 3.04. The molecular formula is C17H35N3O3. The van der Waals surface area contributed by atoms with Gasteiger partial charge in [-0.3, -0.25) is 4.90 Å². The maximum Gasteiger partial charge on any atom is 0.407 e. The second-order valence-electron chi connectivity index (χ2n) is 7.72. The SMILES string of the molecule is CCN(CCN(C)C)C1CC(O)CCC1NC(=O)OC(C)(C)C. The lowest BCUT2D eigenvalue weighted by molar-refractivity contribution is 0.0229. The molecule has 3 unspecified atom stereocenters. The highest BCUT2D eigenvalue weighted by Gasteiger charge is 2.35. The molecule has 1 aliphatic rings. The largest absolute Gasteiger partial charge is 0.444 e. The Labute approximate surface area is 141 Å². The maximum atomic E-state index is 12.1. The number of likely N-dealkylation sites (N-methyl/N-ethyl adjacent to an activating group) is 2. The van der Waals surface area contributed by atoms with Crippen molar-refractivity contribution in [1.29, 1.82) is 0 Å². The first kappa shape index (κ1) is 20.2. The Kier molecular flexibility index (Phi) is 7.77. The monoisotopic (exact) mass is 329 g/mol. The van der Waals surface area contributed by atoms with Gasteiger partial charge < -0.3 is 20.1 Å². The minimum Gasteiger partial charge on any atom is -0.444 e. The Morgan fingerprint density at radius 1 is 1.26 bits per heavy atom. The third-order valence-electron chi connectivity index (χ3n) is 4.20. The number of nitrogens with one attached hydrogen (secondary N) is 1. The van der Waals surface area contributed by atoms with Gasteiger partial charge in [0.05, 0.1) is 6.10 Å². The average Bonchev–Trinajstić information content (AvgIpc) is 2.39. The number of hydrogen-bond donors (Lipinski definition) is 2. The van der Waals surface area contributed by atoms with Crippen molar-refractivity contribution in [3.8, 4) is 0 Å². The van der Waals surface area contributed by atoms with Gasteiger partial charge in [0.15, 0.2) is 0 Å². The van der Waals surface area contributed by atoms with Crippen LogP contribution in [0.15, 0.2) is 0 Å². The smallest absolute Gasteiger partial charge is 0.407 e. The molecule has 0 saturated heterocycles. The van der Waals surface area contributed by atoms with E-state index in [0.717, 1.165) is 32.5 Å². The highest BCUT2D eigenvalue weighted by atomic mass is 16.6. The minimum atomic E-state index is -0.497. The van der Waals surface area contributed by atoms with Crippen LogP contribution in [0, 0.1) is 0 Å². The van der Waals surface area contributed by atoms with Gasteiger partial charge in [0.25, 0.3) is 0 Å². The molecule has 0 spiro atoms. The van der Waals surface area contributed by atoms with Crippen LogP contribution in [-0.2, 0) is 4.74 Å². The molecule has 1 fully saturated rings. The van der Waals surface area contributed by atoms with Gasteiger partial charge >= 0.3 is 6.09 Å². The Hall–Kier alpha value is -0.850. The molecule has 23 heavy (non-hydrogen) atoms. The number of rotatable bonds is 6. The van der Waals surface area contributed by atoms with Crippen molar-refractivity contribution >= 4 is 6.09 Å². The molecule has 0 heterocycles. The molecule has 0 aromatic carbocycles. The van der Waals surface area contributed by atoms with E-state index >= 15 is 0 Å². The summed E-state index contributed by atoms with van der Waals surface area (Å²) in [5.74, 6) is 0. The second-order valence-corrected chi connectivity index (χ2v) is 7.72. The summed E-state index contributed by atoms with van der Waals surface area (Å²) < 4.78 is 5.39. The van der Waals surface area contributed by atoms with Crippen LogP contribution in [0.2, 0.25) is 0 Å². The van der Waals surface area contributed by atoms with Crippen LogP contribution in [0.1, 0.15) is 47.0 Å². The van der Waals surface area contributed by atoms with Gasteiger partial charge in [0.1, 0.15) is 5.60 Å². The Morgan fingerprint density at radius 3 is 2.43 bits per heavy atom. The third kappa shape index (κ3) is 7.50. The van der Waals surface area contributed by atoms with Gasteiger partial charge in [-0.15, -0.1) is 0 Å². The lowest BCUT2D eigenvalue weighted by Gasteiger charge is -2.42. The first-order valence-electron chi connectivity index (χ1n) is 8.68. The number of aliphatic hydroxyl groups excluding tert-OH is 1. The molecule has 6 heteroatoms. The second kappa shape index (κ2) is 8.85. The zero-order chi connectivity index (χ0) is 17.6. The van der Waals surface area contributed by atoms with E-state index in [1.807, 2.05) is 20.8 Å². The molecule has 1 saturated carbocycles. The van der Waals surface area contributed by atoms with E-state index in [1.165, 1.54) is 0 Å². The number of nitrogens with zero attached hydrogens (tertiary/aromatic N) is 2. The summed E-state index contributed by atoms with van der Waals surface area (Å²) in [6.07, 6.45) is 1.55. The number of carbonyl (C=O) groups is 1. The lowest BCUT2D eigenvalue weighted by atomic mass is 9.87. The summed E-state index contributed by atoms with van der Waals surface area (Å²) in [5, 5.41) is 13.1. The molecule has 6 nitrogen and oxygen atoms in total. The Bertz CT molecular complexity index is 369. The molecule has 1 rings (SSSR count). The standard InChI is InChI=1S/C17H35N3O3/c1-7-20(11-10-19(5)6)15-12-13(21)8-9-14(15)18-16(22)23-17(2,3)4/h13-15,21H,7-12H2,1-6H3,(H,18,22). The number of aliphatic hydroxyl groups is 1. The summed E-state index contributed by atoms with van der Waals surface area (Å²) in [6, 6.07) is 0.173. The fraction of sp³-hybridized carbons (Fsp3) is 0.941. The van der Waals surface area contributed by atoms with E-state index < -0.39 is 5.60 Å². The lowest BCUT2D eigenvalue weighted by Crippen LogP contribution is -2.56. The number of carbonyl (C=O) groups excluding carboxylic acids is 1. The van der Waals surface area contributed by atoms with Crippen molar-refractivity contribution in [3.63, 3.8) is 0 Å². The van der Waals surface area contributed by atoms with Crippen LogP contribution < -0.4 is 5.32 Å². The summed E-state index contributed by atoms with van der Waals surface area (Å²) in [4.78, 5) is 16.6. The highest BCUT2D eigenvalue weighted by molar-refractivity contribution is 5.68. The van der Waals surface area contributed by atoms with Gasteiger partial charge in [-0.2, -0.15) is 0 Å². The van der Waals surface area contributed by atoms with Crippen molar-refractivity contribution < 1.29 is 14.6 Å². The van der Waals surface area contributed by atoms with Crippen molar-refractivity contribution in [2.75, 3.05) is 33.7 Å². The van der Waals surface area contributed by atoms with E-state index in [0.29, 0.717) is 6.42 Å². The molecule has 0 bridgehead atoms. The number of alkyl carbamates (subject to hydrolysis) is 1. The molecule has 0 radical (unpaired) electrons. The van der Waals surface area contributed by atoms with Gasteiger partial charge in [0.2, 0.25) is 0 Å². The summed E-state index contributed by atoms with van der Waals surface area (Å²) in [7, 11) is 4.11. The Balaban J connectivity index is 2.71. The van der Waals surface area contributed by atoms with Gasteiger partial charge in [-0.25, -0.2) is 4.79 Å². The predicted octanol–water partition coefficient (Wildman–Crippen LogP) is 1.68. The maximum absolute atomic E-state index is 12.1. The van der Waals surface area contributed by atoms with E-state index in [1.54, 1.807) is 0 Å². The molecule has 0 aliphatic heterocycles. The van der Waals surface area contributed by atoms with Gasteiger partial charge in [-0.05, 0) is 60.7 Å².